The Morgan fingerprint density at radius 2 is 2.21 bits per heavy atom. The van der Waals surface area contributed by atoms with Crippen LogP contribution in [-0.2, 0) is 0 Å². The maximum Gasteiger partial charge on any atom is 0.387 e. The van der Waals surface area contributed by atoms with Crippen molar-refractivity contribution in [2.45, 2.75) is 45.3 Å². The zero-order chi connectivity index (χ0) is 13.8. The minimum absolute atomic E-state index is 0.0140. The Morgan fingerprint density at radius 1 is 1.42 bits per heavy atom. The van der Waals surface area contributed by atoms with Crippen LogP contribution in [-0.4, -0.2) is 12.7 Å². The molecule has 1 aromatic carbocycles. The van der Waals surface area contributed by atoms with E-state index in [-0.39, 0.29) is 10.8 Å². The van der Waals surface area contributed by atoms with Crippen LogP contribution in [0.2, 0.25) is 5.02 Å². The zero-order valence-electron chi connectivity index (χ0n) is 10.8. The first-order chi connectivity index (χ1) is 9.08. The molecule has 0 aliphatic heterocycles. The quantitative estimate of drug-likeness (QED) is 0.829. The fraction of sp³-hybridized carbons (Fsp3) is 0.571. The van der Waals surface area contributed by atoms with E-state index < -0.39 is 6.61 Å². The van der Waals surface area contributed by atoms with E-state index in [0.717, 1.165) is 24.4 Å². The number of hydrogen-bond donors (Lipinski definition) is 1. The van der Waals surface area contributed by atoms with E-state index in [2.05, 4.69) is 17.0 Å². The highest BCUT2D eigenvalue weighted by Crippen LogP contribution is 2.33. The van der Waals surface area contributed by atoms with Crippen molar-refractivity contribution in [3.63, 3.8) is 0 Å². The largest absolute Gasteiger partial charge is 0.433 e. The average molecular weight is 290 g/mol. The summed E-state index contributed by atoms with van der Waals surface area (Å²) in [5, 5.41) is 3.60. The van der Waals surface area contributed by atoms with Gasteiger partial charge < -0.3 is 10.1 Å². The van der Waals surface area contributed by atoms with E-state index >= 15 is 0 Å². The third-order valence-corrected chi connectivity index (χ3v) is 3.93. The third kappa shape index (κ3) is 3.96. The van der Waals surface area contributed by atoms with Crippen LogP contribution in [0.1, 0.15) is 32.6 Å². The van der Waals surface area contributed by atoms with Gasteiger partial charge in [0, 0.05) is 11.7 Å². The van der Waals surface area contributed by atoms with E-state index in [1.165, 1.54) is 18.9 Å². The second kappa shape index (κ2) is 6.42. The van der Waals surface area contributed by atoms with Gasteiger partial charge in [-0.05, 0) is 43.4 Å². The van der Waals surface area contributed by atoms with Gasteiger partial charge in [-0.3, -0.25) is 0 Å². The Morgan fingerprint density at radius 3 is 2.79 bits per heavy atom. The molecular formula is C14H18ClF2NO. The third-order valence-electron chi connectivity index (χ3n) is 3.64. The Labute approximate surface area is 117 Å². The first-order valence-corrected chi connectivity index (χ1v) is 6.97. The first-order valence-electron chi connectivity index (χ1n) is 6.59. The molecule has 19 heavy (non-hydrogen) atoms. The molecule has 0 spiro atoms. The average Bonchev–Trinajstić information content (AvgIpc) is 2.80. The summed E-state index contributed by atoms with van der Waals surface area (Å²) in [6, 6.07) is 5.28. The molecule has 1 N–H and O–H groups in total. The first kappa shape index (κ1) is 14.4. The lowest BCUT2D eigenvalue weighted by Gasteiger charge is -2.15. The van der Waals surface area contributed by atoms with Gasteiger partial charge in [0.2, 0.25) is 0 Å². The highest BCUT2D eigenvalue weighted by atomic mass is 35.5. The summed E-state index contributed by atoms with van der Waals surface area (Å²) >= 11 is 5.92. The monoisotopic (exact) mass is 289 g/mol. The van der Waals surface area contributed by atoms with Crippen molar-refractivity contribution in [2.75, 3.05) is 5.32 Å². The molecule has 2 atom stereocenters. The number of hydrogen-bond acceptors (Lipinski definition) is 2. The molecule has 1 fully saturated rings. The molecule has 0 aromatic heterocycles. The van der Waals surface area contributed by atoms with E-state index in [4.69, 9.17) is 11.6 Å². The fourth-order valence-electron chi connectivity index (χ4n) is 2.59. The van der Waals surface area contributed by atoms with Gasteiger partial charge in [0.25, 0.3) is 0 Å². The predicted octanol–water partition coefficient (Wildman–Crippen LogP) is 4.93. The van der Waals surface area contributed by atoms with Crippen molar-refractivity contribution >= 4 is 17.3 Å². The summed E-state index contributed by atoms with van der Waals surface area (Å²) in [5.41, 5.74) is 0.855. The number of halogens is 3. The van der Waals surface area contributed by atoms with Crippen LogP contribution in [0.5, 0.6) is 5.75 Å². The van der Waals surface area contributed by atoms with Crippen molar-refractivity contribution in [3.05, 3.63) is 23.2 Å². The van der Waals surface area contributed by atoms with Gasteiger partial charge in [-0.25, -0.2) is 0 Å². The molecule has 106 valence electrons. The summed E-state index contributed by atoms with van der Waals surface area (Å²) in [5.74, 6) is 0.800. The standard InChI is InChI=1S/C14H18ClF2NO/c1-2-9-3-4-10(7-9)18-11-5-6-13(12(15)8-11)19-14(16)17/h5-6,8-10,14,18H,2-4,7H2,1H3. The summed E-state index contributed by atoms with van der Waals surface area (Å²) in [6.07, 6.45) is 4.75. The maximum absolute atomic E-state index is 12.1. The second-order valence-corrected chi connectivity index (χ2v) is 5.36. The second-order valence-electron chi connectivity index (χ2n) is 4.95. The SMILES string of the molecule is CCC1CCC(Nc2ccc(OC(F)F)c(Cl)c2)C1. The highest BCUT2D eigenvalue weighted by molar-refractivity contribution is 6.32. The van der Waals surface area contributed by atoms with Gasteiger partial charge in [-0.15, -0.1) is 0 Å². The fourth-order valence-corrected chi connectivity index (χ4v) is 2.82. The number of benzene rings is 1. The van der Waals surface area contributed by atoms with Gasteiger partial charge in [0.05, 0.1) is 5.02 Å². The van der Waals surface area contributed by atoms with E-state index in [0.29, 0.717) is 6.04 Å². The Balaban J connectivity index is 1.96. The molecule has 0 saturated heterocycles. The van der Waals surface area contributed by atoms with Crippen LogP contribution >= 0.6 is 11.6 Å². The van der Waals surface area contributed by atoms with Gasteiger partial charge >= 0.3 is 6.61 Å². The molecular weight excluding hydrogens is 272 g/mol. The summed E-state index contributed by atoms with van der Waals surface area (Å²) < 4.78 is 28.5. The van der Waals surface area contributed by atoms with Crippen molar-refractivity contribution in [2.24, 2.45) is 5.92 Å². The molecule has 1 aromatic rings. The van der Waals surface area contributed by atoms with Crippen LogP contribution < -0.4 is 10.1 Å². The van der Waals surface area contributed by atoms with E-state index in [1.807, 2.05) is 0 Å². The van der Waals surface area contributed by atoms with Crippen LogP contribution in [0.25, 0.3) is 0 Å². The zero-order valence-corrected chi connectivity index (χ0v) is 11.6. The lowest BCUT2D eigenvalue weighted by Crippen LogP contribution is -2.15. The van der Waals surface area contributed by atoms with Crippen LogP contribution in [0.3, 0.4) is 0 Å². The van der Waals surface area contributed by atoms with Crippen molar-refractivity contribution < 1.29 is 13.5 Å². The number of nitrogens with one attached hydrogen (secondary N) is 1. The Bertz CT molecular complexity index is 428. The molecule has 1 saturated carbocycles. The topological polar surface area (TPSA) is 21.3 Å². The van der Waals surface area contributed by atoms with Gasteiger partial charge in [0.1, 0.15) is 5.75 Å². The van der Waals surface area contributed by atoms with Gasteiger partial charge in [-0.2, -0.15) is 8.78 Å². The summed E-state index contributed by atoms with van der Waals surface area (Å²) in [4.78, 5) is 0. The summed E-state index contributed by atoms with van der Waals surface area (Å²) in [7, 11) is 0. The van der Waals surface area contributed by atoms with E-state index in [1.54, 1.807) is 12.1 Å². The Hall–Kier alpha value is -1.03. The van der Waals surface area contributed by atoms with Crippen LogP contribution in [0.15, 0.2) is 18.2 Å². The summed E-state index contributed by atoms with van der Waals surface area (Å²) in [6.45, 7) is -0.642. The molecule has 2 unspecified atom stereocenters. The number of rotatable bonds is 5. The lowest BCUT2D eigenvalue weighted by molar-refractivity contribution is -0.0497. The predicted molar refractivity (Wildman–Crippen MR) is 73.1 cm³/mol. The maximum atomic E-state index is 12.1. The number of alkyl halides is 2. The molecule has 5 heteroatoms. The minimum Gasteiger partial charge on any atom is -0.433 e. The molecule has 2 nitrogen and oxygen atoms in total. The molecule has 1 aliphatic rings. The molecule has 0 heterocycles. The highest BCUT2D eigenvalue weighted by Gasteiger charge is 2.23. The van der Waals surface area contributed by atoms with Gasteiger partial charge in [-0.1, -0.05) is 24.9 Å². The smallest absolute Gasteiger partial charge is 0.387 e. The number of anilines is 1. The number of ether oxygens (including phenoxy) is 1. The van der Waals surface area contributed by atoms with Crippen LogP contribution in [0.4, 0.5) is 14.5 Å². The van der Waals surface area contributed by atoms with Crippen molar-refractivity contribution in [3.8, 4) is 5.75 Å². The lowest BCUT2D eigenvalue weighted by atomic mass is 10.1. The van der Waals surface area contributed by atoms with Gasteiger partial charge in [0.15, 0.2) is 0 Å². The molecule has 0 bridgehead atoms. The van der Waals surface area contributed by atoms with E-state index in [9.17, 15) is 8.78 Å². The molecule has 2 rings (SSSR count). The Kier molecular flexibility index (Phi) is 4.86. The minimum atomic E-state index is -2.85. The molecule has 0 amide bonds. The normalized spacial score (nSPS) is 22.8. The van der Waals surface area contributed by atoms with Crippen molar-refractivity contribution in [1.82, 2.24) is 0 Å². The molecule has 0 radical (unpaired) electrons. The van der Waals surface area contributed by atoms with Crippen molar-refractivity contribution in [1.29, 1.82) is 0 Å². The molecule has 1 aliphatic carbocycles. The van der Waals surface area contributed by atoms with Crippen LogP contribution in [0, 0.1) is 5.92 Å².